The zero-order valence-electron chi connectivity index (χ0n) is 1.82. The van der Waals surface area contributed by atoms with Gasteiger partial charge in [0.15, 0.2) is 0 Å². The minimum atomic E-state index is 0. The van der Waals surface area contributed by atoms with Gasteiger partial charge in [-0.2, -0.15) is 0 Å². The summed E-state index contributed by atoms with van der Waals surface area (Å²) in [6, 6.07) is 0. The molecule has 0 spiro atoms. The van der Waals surface area contributed by atoms with Crippen LogP contribution in [-0.2, 0) is 52.1 Å². The molecule has 0 saturated carbocycles. The number of rotatable bonds is 0. The van der Waals surface area contributed by atoms with Crippen LogP contribution in [0.1, 0.15) is 0 Å². The van der Waals surface area contributed by atoms with E-state index in [2.05, 4.69) is 0 Å². The summed E-state index contributed by atoms with van der Waals surface area (Å²) in [5.41, 5.74) is 0. The van der Waals surface area contributed by atoms with Crippen LogP contribution in [-0.4, -0.2) is 23.1 Å². The molecule has 0 amide bonds. The second-order valence-corrected chi connectivity index (χ2v) is 0. The van der Waals surface area contributed by atoms with E-state index in [0.29, 0.717) is 0 Å². The summed E-state index contributed by atoms with van der Waals surface area (Å²) in [7, 11) is 0. The molecular formula is FeMgNiV+8. The fourth-order valence-electron chi connectivity index (χ4n) is 0. The quantitative estimate of drug-likeness (QED) is 0.456. The van der Waals surface area contributed by atoms with Crippen LogP contribution in [0.3, 0.4) is 0 Å². The first-order valence-corrected chi connectivity index (χ1v) is 0. The molecule has 0 aliphatic heterocycles. The average molecular weight is 190 g/mol. The van der Waals surface area contributed by atoms with Crippen LogP contribution < -0.4 is 0 Å². The predicted octanol–water partition coefficient (Wildman–Crippen LogP) is -0.388. The summed E-state index contributed by atoms with van der Waals surface area (Å²) < 4.78 is 0. The van der Waals surface area contributed by atoms with Crippen LogP contribution in [0, 0.1) is 0 Å². The van der Waals surface area contributed by atoms with Crippen molar-refractivity contribution in [3.8, 4) is 0 Å². The summed E-state index contributed by atoms with van der Waals surface area (Å²) in [5.74, 6) is 0. The van der Waals surface area contributed by atoms with Gasteiger partial charge in [-0.3, -0.25) is 0 Å². The van der Waals surface area contributed by atoms with Crippen LogP contribution in [0.25, 0.3) is 0 Å². The Balaban J connectivity index is 0. The molecule has 0 aromatic rings. The maximum Gasteiger partial charge on any atom is 2.00 e. The van der Waals surface area contributed by atoms with Gasteiger partial charge in [0, 0.05) is 0 Å². The largest absolute Gasteiger partial charge is 2.00 e. The first-order chi connectivity index (χ1) is 0. The van der Waals surface area contributed by atoms with E-state index in [1.807, 2.05) is 0 Å². The molecule has 0 fully saturated rings. The van der Waals surface area contributed by atoms with Gasteiger partial charge in [0.1, 0.15) is 0 Å². The van der Waals surface area contributed by atoms with E-state index >= 15 is 0 Å². The maximum atomic E-state index is 0. The van der Waals surface area contributed by atoms with Crippen molar-refractivity contribution in [2.24, 2.45) is 0 Å². The average Bonchev–Trinajstić information content (AvgIpc) is 0. The number of hydrogen-bond donors (Lipinski definition) is 0. The van der Waals surface area contributed by atoms with Crippen molar-refractivity contribution >= 4 is 23.1 Å². The predicted molar refractivity (Wildman–Crippen MR) is 5.75 cm³/mol. The Kier molecular flexibility index (Phi) is 150. The first-order valence-electron chi connectivity index (χ1n) is 0. The van der Waals surface area contributed by atoms with Gasteiger partial charge in [-0.25, -0.2) is 0 Å². The molecule has 0 heterocycles. The van der Waals surface area contributed by atoms with Gasteiger partial charge in [-0.05, 0) is 0 Å². The Hall–Kier alpha value is 2.36. The van der Waals surface area contributed by atoms with Crippen molar-refractivity contribution in [2.45, 2.75) is 0 Å². The van der Waals surface area contributed by atoms with E-state index in [1.54, 1.807) is 0 Å². The fraction of sp³-hybridized carbons (Fsp3) is 0. The van der Waals surface area contributed by atoms with Crippen molar-refractivity contribution in [1.29, 1.82) is 0 Å². The van der Waals surface area contributed by atoms with Crippen molar-refractivity contribution in [2.75, 3.05) is 0 Å². The first kappa shape index (κ1) is 32.8. The molecule has 4 heavy (non-hydrogen) atoms. The molecule has 0 N–H and O–H groups in total. The zero-order valence-corrected chi connectivity index (χ0v) is 6.73. The molecule has 1 radical (unpaired) electrons. The van der Waals surface area contributed by atoms with E-state index in [4.69, 9.17) is 0 Å². The topological polar surface area (TPSA) is 0 Å². The van der Waals surface area contributed by atoms with Crippen LogP contribution in [0.5, 0.6) is 0 Å². The second-order valence-electron chi connectivity index (χ2n) is 0. The van der Waals surface area contributed by atoms with Gasteiger partial charge < -0.3 is 0 Å². The number of hydrogen-bond acceptors (Lipinski definition) is 0. The van der Waals surface area contributed by atoms with E-state index in [1.165, 1.54) is 0 Å². The molecule has 0 rings (SSSR count). The van der Waals surface area contributed by atoms with Gasteiger partial charge in [0.25, 0.3) is 0 Å². The summed E-state index contributed by atoms with van der Waals surface area (Å²) in [4.78, 5) is 0. The van der Waals surface area contributed by atoms with Crippen LogP contribution in [0.4, 0.5) is 0 Å². The van der Waals surface area contributed by atoms with Gasteiger partial charge in [-0.15, -0.1) is 0 Å². The van der Waals surface area contributed by atoms with Gasteiger partial charge in [0.05, 0.1) is 0 Å². The molecular weight excluding hydrogens is 190 g/mol. The van der Waals surface area contributed by atoms with Gasteiger partial charge >= 0.3 is 75.2 Å². The van der Waals surface area contributed by atoms with Gasteiger partial charge in [0.2, 0.25) is 0 Å². The zero-order chi connectivity index (χ0) is 0. The monoisotopic (exact) mass is 189 g/mol. The summed E-state index contributed by atoms with van der Waals surface area (Å²) in [6.07, 6.45) is 0. The molecule has 4 heteroatoms. The molecule has 0 saturated heterocycles. The third-order valence-corrected chi connectivity index (χ3v) is 0. The molecule has 17 valence electrons. The van der Waals surface area contributed by atoms with Gasteiger partial charge in [-0.1, -0.05) is 0 Å². The molecule has 0 bridgehead atoms. The molecule has 0 aromatic carbocycles. The second kappa shape index (κ2) is 18.3. The van der Waals surface area contributed by atoms with Crippen LogP contribution in [0.2, 0.25) is 0 Å². The Bertz CT molecular complexity index is 8.00. The third kappa shape index (κ3) is 8.84. The molecule has 0 unspecified atom stereocenters. The summed E-state index contributed by atoms with van der Waals surface area (Å²) >= 11 is 0. The van der Waals surface area contributed by atoms with Crippen molar-refractivity contribution in [1.82, 2.24) is 0 Å². The Labute approximate surface area is 74.3 Å². The van der Waals surface area contributed by atoms with Crippen LogP contribution in [0.15, 0.2) is 0 Å². The van der Waals surface area contributed by atoms with E-state index in [-0.39, 0.29) is 75.2 Å². The molecule has 0 atom stereocenters. The van der Waals surface area contributed by atoms with E-state index in [9.17, 15) is 0 Å². The third-order valence-electron chi connectivity index (χ3n) is 0. The molecule has 0 nitrogen and oxygen atoms in total. The minimum absolute atomic E-state index is 0. The normalized spacial score (nSPS) is 0. The summed E-state index contributed by atoms with van der Waals surface area (Å²) in [6.45, 7) is 0. The Morgan fingerprint density at radius 3 is 1.00 bits per heavy atom. The smallest absolute Gasteiger partial charge is 2.00 e. The fourth-order valence-corrected chi connectivity index (χ4v) is 0. The summed E-state index contributed by atoms with van der Waals surface area (Å²) in [5, 5.41) is 0. The van der Waals surface area contributed by atoms with Crippen LogP contribution >= 0.6 is 0 Å². The molecule has 0 aliphatic carbocycles. The van der Waals surface area contributed by atoms with Crippen molar-refractivity contribution in [3.63, 3.8) is 0 Å². The Morgan fingerprint density at radius 2 is 1.00 bits per heavy atom. The maximum absolute atomic E-state index is 0. The molecule has 0 aliphatic rings. The Morgan fingerprint density at radius 1 is 1.00 bits per heavy atom. The van der Waals surface area contributed by atoms with Crippen molar-refractivity contribution < 1.29 is 52.1 Å². The SMILES string of the molecule is [Fe+2].[Mg+2].[Ni+2].[V+2]. The van der Waals surface area contributed by atoms with Crippen molar-refractivity contribution in [3.05, 3.63) is 0 Å². The molecule has 0 aromatic heterocycles. The van der Waals surface area contributed by atoms with E-state index in [0.717, 1.165) is 0 Å². The minimum Gasteiger partial charge on any atom is 2.00 e. The standard InChI is InChI=1S/Fe.Mg.Ni.V/q4*+2. The van der Waals surface area contributed by atoms with E-state index < -0.39 is 0 Å².